The number of nitrogen functional groups attached to an aromatic ring is 1. The number of nitrogens with two attached hydrogens (primary N) is 1. The van der Waals surface area contributed by atoms with Gasteiger partial charge in [0.25, 0.3) is 0 Å². The number of aromatic amines is 1. The largest absolute Gasteiger partial charge is 0.462 e. The SMILES string of the molecule is CCOC(=O)c1c(NC(=O)CSc2n[nH]c(N)n2)sc2c1CCCCCC2. The zero-order chi connectivity index (χ0) is 19.2. The second kappa shape index (κ2) is 9.23. The number of aryl methyl sites for hydroxylation is 1. The quantitative estimate of drug-likeness (QED) is 0.495. The highest BCUT2D eigenvalue weighted by Crippen LogP contribution is 2.37. The zero-order valence-corrected chi connectivity index (χ0v) is 16.8. The number of hydrogen-bond acceptors (Lipinski definition) is 8. The van der Waals surface area contributed by atoms with Crippen molar-refractivity contribution in [3.63, 3.8) is 0 Å². The Balaban J connectivity index is 1.77. The first kappa shape index (κ1) is 19.7. The molecule has 1 aliphatic rings. The Kier molecular flexibility index (Phi) is 6.73. The van der Waals surface area contributed by atoms with Crippen LogP contribution in [0.2, 0.25) is 0 Å². The number of ether oxygens (including phenoxy) is 1. The number of nitrogens with zero attached hydrogens (tertiary/aromatic N) is 2. The van der Waals surface area contributed by atoms with Crippen molar-refractivity contribution < 1.29 is 14.3 Å². The number of hydrogen-bond donors (Lipinski definition) is 3. The fourth-order valence-corrected chi connectivity index (χ4v) is 4.94. The summed E-state index contributed by atoms with van der Waals surface area (Å²) in [5, 5.41) is 10.3. The normalized spacial score (nSPS) is 14.1. The molecule has 3 rings (SSSR count). The first-order valence-corrected chi connectivity index (χ1v) is 10.8. The maximum absolute atomic E-state index is 12.6. The maximum Gasteiger partial charge on any atom is 0.341 e. The van der Waals surface area contributed by atoms with E-state index in [4.69, 9.17) is 10.5 Å². The standard InChI is InChI=1S/C17H23N5O3S2/c1-2-25-15(24)13-10-7-5-3-4-6-8-11(10)27-14(13)19-12(23)9-26-17-20-16(18)21-22-17/h2-9H2,1H3,(H,19,23)(H3,18,20,21,22). The van der Waals surface area contributed by atoms with Crippen LogP contribution in [0.5, 0.6) is 0 Å². The molecule has 0 bridgehead atoms. The van der Waals surface area contributed by atoms with Crippen LogP contribution in [0.25, 0.3) is 0 Å². The van der Waals surface area contributed by atoms with Crippen molar-refractivity contribution in [1.82, 2.24) is 15.2 Å². The Morgan fingerprint density at radius 2 is 2.07 bits per heavy atom. The second-order valence-electron chi connectivity index (χ2n) is 6.18. The molecule has 1 aliphatic carbocycles. The minimum absolute atomic E-state index is 0.127. The van der Waals surface area contributed by atoms with E-state index < -0.39 is 0 Å². The summed E-state index contributed by atoms with van der Waals surface area (Å²) < 4.78 is 5.25. The third-order valence-corrected chi connectivity index (χ3v) is 6.27. The van der Waals surface area contributed by atoms with Crippen LogP contribution in [0, 0.1) is 0 Å². The number of carbonyl (C=O) groups is 2. The summed E-state index contributed by atoms with van der Waals surface area (Å²) in [6.07, 6.45) is 6.30. The number of H-pyrrole nitrogens is 1. The van der Waals surface area contributed by atoms with Crippen molar-refractivity contribution in [2.75, 3.05) is 23.4 Å². The van der Waals surface area contributed by atoms with Gasteiger partial charge in [-0.15, -0.1) is 16.4 Å². The molecule has 2 heterocycles. The molecule has 27 heavy (non-hydrogen) atoms. The summed E-state index contributed by atoms with van der Waals surface area (Å²) in [5.74, 6) is -0.244. The molecule has 0 aliphatic heterocycles. The predicted octanol–water partition coefficient (Wildman–Crippen LogP) is 3.01. The molecule has 146 valence electrons. The molecule has 0 unspecified atom stereocenters. The van der Waals surface area contributed by atoms with Crippen LogP contribution >= 0.6 is 23.1 Å². The van der Waals surface area contributed by atoms with Crippen LogP contribution in [-0.2, 0) is 22.4 Å². The van der Waals surface area contributed by atoms with Crippen molar-refractivity contribution in [3.05, 3.63) is 16.0 Å². The Hall–Kier alpha value is -2.07. The molecule has 0 aromatic carbocycles. The number of amides is 1. The first-order chi connectivity index (χ1) is 13.1. The lowest BCUT2D eigenvalue weighted by atomic mass is 9.96. The molecule has 2 aromatic heterocycles. The van der Waals surface area contributed by atoms with Crippen LogP contribution < -0.4 is 11.1 Å². The van der Waals surface area contributed by atoms with E-state index in [9.17, 15) is 9.59 Å². The average Bonchev–Trinajstić information content (AvgIpc) is 3.17. The third-order valence-electron chi connectivity index (χ3n) is 4.22. The number of thioether (sulfide) groups is 1. The zero-order valence-electron chi connectivity index (χ0n) is 15.2. The number of esters is 1. The average molecular weight is 410 g/mol. The molecule has 0 saturated heterocycles. The number of rotatable bonds is 6. The van der Waals surface area contributed by atoms with Crippen molar-refractivity contribution in [2.45, 2.75) is 50.6 Å². The molecule has 4 N–H and O–H groups in total. The Bertz CT molecular complexity index is 818. The minimum atomic E-state index is -0.361. The number of carbonyl (C=O) groups excluding carboxylic acids is 2. The molecule has 0 spiro atoms. The minimum Gasteiger partial charge on any atom is -0.462 e. The van der Waals surface area contributed by atoms with E-state index in [0.29, 0.717) is 22.3 Å². The third kappa shape index (κ3) is 5.01. The van der Waals surface area contributed by atoms with Gasteiger partial charge >= 0.3 is 5.97 Å². The Morgan fingerprint density at radius 1 is 1.30 bits per heavy atom. The summed E-state index contributed by atoms with van der Waals surface area (Å²) >= 11 is 2.67. The van der Waals surface area contributed by atoms with Gasteiger partial charge in [0.1, 0.15) is 5.00 Å². The predicted molar refractivity (Wildman–Crippen MR) is 106 cm³/mol. The van der Waals surface area contributed by atoms with Crippen LogP contribution in [0.4, 0.5) is 10.9 Å². The number of thiophene rings is 1. The van der Waals surface area contributed by atoms with Gasteiger partial charge in [0.2, 0.25) is 17.0 Å². The van der Waals surface area contributed by atoms with Gasteiger partial charge in [0.05, 0.1) is 17.9 Å². The summed E-state index contributed by atoms with van der Waals surface area (Å²) in [6, 6.07) is 0. The Morgan fingerprint density at radius 3 is 2.78 bits per heavy atom. The van der Waals surface area contributed by atoms with Crippen LogP contribution in [0.1, 0.15) is 53.4 Å². The van der Waals surface area contributed by atoms with E-state index in [0.717, 1.165) is 37.7 Å². The van der Waals surface area contributed by atoms with E-state index in [1.54, 1.807) is 6.92 Å². The monoisotopic (exact) mass is 409 g/mol. The lowest BCUT2D eigenvalue weighted by Gasteiger charge is -2.11. The molecule has 0 atom stereocenters. The fourth-order valence-electron chi connectivity index (χ4n) is 3.04. The van der Waals surface area contributed by atoms with Crippen molar-refractivity contribution in [2.24, 2.45) is 0 Å². The first-order valence-electron chi connectivity index (χ1n) is 9.00. The van der Waals surface area contributed by atoms with E-state index >= 15 is 0 Å². The van der Waals surface area contributed by atoms with Gasteiger partial charge in [-0.1, -0.05) is 24.6 Å². The highest BCUT2D eigenvalue weighted by molar-refractivity contribution is 7.99. The highest BCUT2D eigenvalue weighted by atomic mass is 32.2. The molecule has 0 fully saturated rings. The maximum atomic E-state index is 12.6. The van der Waals surface area contributed by atoms with E-state index in [2.05, 4.69) is 20.5 Å². The van der Waals surface area contributed by atoms with E-state index in [-0.39, 0.29) is 23.6 Å². The van der Waals surface area contributed by atoms with Gasteiger partial charge < -0.3 is 15.8 Å². The van der Waals surface area contributed by atoms with Gasteiger partial charge in [-0.3, -0.25) is 4.79 Å². The highest BCUT2D eigenvalue weighted by Gasteiger charge is 2.26. The summed E-state index contributed by atoms with van der Waals surface area (Å²) in [7, 11) is 0. The summed E-state index contributed by atoms with van der Waals surface area (Å²) in [6.45, 7) is 2.09. The smallest absolute Gasteiger partial charge is 0.341 e. The molecule has 0 saturated carbocycles. The number of fused-ring (bicyclic) bond motifs is 1. The molecule has 0 radical (unpaired) electrons. The molecular weight excluding hydrogens is 386 g/mol. The Labute approximate surface area is 165 Å². The summed E-state index contributed by atoms with van der Waals surface area (Å²) in [4.78, 5) is 30.1. The molecule has 2 aromatic rings. The number of nitrogens with one attached hydrogen (secondary N) is 2. The lowest BCUT2D eigenvalue weighted by Crippen LogP contribution is -2.17. The number of aromatic nitrogens is 3. The van der Waals surface area contributed by atoms with Crippen molar-refractivity contribution in [3.8, 4) is 0 Å². The second-order valence-corrected chi connectivity index (χ2v) is 8.23. The van der Waals surface area contributed by atoms with Crippen LogP contribution in [-0.4, -0.2) is 39.4 Å². The van der Waals surface area contributed by atoms with Crippen LogP contribution in [0.3, 0.4) is 0 Å². The van der Waals surface area contributed by atoms with Crippen LogP contribution in [0.15, 0.2) is 5.16 Å². The fraction of sp³-hybridized carbons (Fsp3) is 0.529. The lowest BCUT2D eigenvalue weighted by molar-refractivity contribution is -0.113. The van der Waals surface area contributed by atoms with E-state index in [1.165, 1.54) is 34.4 Å². The summed E-state index contributed by atoms with van der Waals surface area (Å²) in [5.41, 5.74) is 7.05. The van der Waals surface area contributed by atoms with Gasteiger partial charge in [0, 0.05) is 4.88 Å². The number of anilines is 2. The topological polar surface area (TPSA) is 123 Å². The molecule has 1 amide bonds. The van der Waals surface area contributed by atoms with Gasteiger partial charge in [-0.2, -0.15) is 4.98 Å². The van der Waals surface area contributed by atoms with Gasteiger partial charge in [-0.05, 0) is 38.2 Å². The molecule has 10 heteroatoms. The van der Waals surface area contributed by atoms with Crippen molar-refractivity contribution in [1.29, 1.82) is 0 Å². The van der Waals surface area contributed by atoms with Crippen molar-refractivity contribution >= 4 is 45.9 Å². The van der Waals surface area contributed by atoms with E-state index in [1.807, 2.05) is 0 Å². The van der Waals surface area contributed by atoms with Gasteiger partial charge in [0.15, 0.2) is 0 Å². The molecule has 8 nitrogen and oxygen atoms in total. The molecular formula is C17H23N5O3S2. The van der Waals surface area contributed by atoms with Gasteiger partial charge in [-0.25, -0.2) is 9.89 Å².